The molecule has 0 radical (unpaired) electrons. The van der Waals surface area contributed by atoms with Crippen LogP contribution in [-0.4, -0.2) is 106 Å². The van der Waals surface area contributed by atoms with Crippen LogP contribution < -0.4 is 5.32 Å². The molecule has 0 spiro atoms. The topological polar surface area (TPSA) is 227 Å². The molecule has 1 amide bonds. The first-order chi connectivity index (χ1) is 31.2. The highest BCUT2D eigenvalue weighted by Gasteiger charge is 2.78. The molecular formula is C50H55NO15. The van der Waals surface area contributed by atoms with Gasteiger partial charge in [-0.1, -0.05) is 87.5 Å². The monoisotopic (exact) mass is 909 g/mol. The van der Waals surface area contributed by atoms with Crippen molar-refractivity contribution >= 4 is 41.5 Å². The lowest BCUT2D eigenvalue weighted by atomic mass is 9.44. The minimum absolute atomic E-state index is 0.0190. The highest BCUT2D eigenvalue weighted by molar-refractivity contribution is 5.96. The molecule has 3 aliphatic carbocycles. The van der Waals surface area contributed by atoms with Crippen LogP contribution in [0.3, 0.4) is 0 Å². The molecule has 0 aromatic heterocycles. The fourth-order valence-corrected chi connectivity index (χ4v) is 10.5. The fraction of sp³-hybridized carbons (Fsp3) is 0.460. The fourth-order valence-electron chi connectivity index (χ4n) is 10.5. The van der Waals surface area contributed by atoms with Crippen molar-refractivity contribution in [2.45, 2.75) is 122 Å². The first kappa shape index (κ1) is 47.7. The molecule has 1 heterocycles. The second-order valence-corrected chi connectivity index (χ2v) is 18.2. The average molecular weight is 910 g/mol. The van der Waals surface area contributed by atoms with Gasteiger partial charge in [-0.2, -0.15) is 0 Å². The zero-order valence-electron chi connectivity index (χ0n) is 37.8. The Morgan fingerprint density at radius 1 is 0.833 bits per heavy atom. The Labute approximate surface area is 381 Å². The Morgan fingerprint density at radius 2 is 1.42 bits per heavy atom. The highest BCUT2D eigenvalue weighted by Crippen LogP contribution is 2.64. The summed E-state index contributed by atoms with van der Waals surface area (Å²) in [5.74, 6) is -7.68. The minimum atomic E-state index is -2.43. The van der Waals surface area contributed by atoms with Gasteiger partial charge in [-0.05, 0) is 54.8 Å². The van der Waals surface area contributed by atoms with Gasteiger partial charge in [0.2, 0.25) is 6.10 Å². The molecule has 7 rings (SSSR count). The number of carbonyl (C=O) groups is 7. The van der Waals surface area contributed by atoms with Gasteiger partial charge in [-0.3, -0.25) is 24.0 Å². The second-order valence-electron chi connectivity index (χ2n) is 18.2. The molecule has 2 saturated carbocycles. The van der Waals surface area contributed by atoms with Crippen molar-refractivity contribution in [3.05, 3.63) is 119 Å². The van der Waals surface area contributed by atoms with Crippen LogP contribution in [0.2, 0.25) is 0 Å². The molecule has 350 valence electrons. The number of rotatable bonds is 12. The predicted octanol–water partition coefficient (Wildman–Crippen LogP) is 4.70. The number of esters is 5. The Balaban J connectivity index is 1.42. The van der Waals surface area contributed by atoms with Crippen LogP contribution in [-0.2, 0) is 52.4 Å². The molecule has 11 atom stereocenters. The molecule has 2 bridgehead atoms. The van der Waals surface area contributed by atoms with Crippen molar-refractivity contribution < 1.29 is 72.2 Å². The first-order valence-electron chi connectivity index (χ1n) is 21.9. The lowest BCUT2D eigenvalue weighted by Gasteiger charge is -2.67. The minimum Gasteiger partial charge on any atom is -0.455 e. The smallest absolute Gasteiger partial charge is 0.350 e. The van der Waals surface area contributed by atoms with Gasteiger partial charge in [0.25, 0.3) is 5.91 Å². The normalized spacial score (nSPS) is 30.5. The quantitative estimate of drug-likeness (QED) is 0.127. The highest BCUT2D eigenvalue weighted by atomic mass is 16.6. The van der Waals surface area contributed by atoms with E-state index < -0.39 is 119 Å². The number of carbonyl (C=O) groups excluding carboxylic acids is 7. The Morgan fingerprint density at radius 3 is 1.97 bits per heavy atom. The largest absolute Gasteiger partial charge is 0.455 e. The molecule has 1 saturated heterocycles. The molecule has 3 fully saturated rings. The van der Waals surface area contributed by atoms with Crippen molar-refractivity contribution in [1.29, 1.82) is 0 Å². The van der Waals surface area contributed by atoms with Crippen molar-refractivity contribution in [3.8, 4) is 0 Å². The van der Waals surface area contributed by atoms with Crippen LogP contribution in [0.25, 0.3) is 0 Å². The molecule has 4 aliphatic rings. The summed E-state index contributed by atoms with van der Waals surface area (Å²) in [5, 5.41) is 28.8. The maximum atomic E-state index is 15.6. The number of ether oxygens (including phenoxy) is 6. The Bertz CT molecular complexity index is 2420. The van der Waals surface area contributed by atoms with Gasteiger partial charge in [-0.25, -0.2) is 9.59 Å². The summed E-state index contributed by atoms with van der Waals surface area (Å²) in [7, 11) is 0. The number of aliphatic hydroxyl groups excluding tert-OH is 1. The molecule has 1 unspecified atom stereocenters. The molecule has 3 N–H and O–H groups in total. The van der Waals surface area contributed by atoms with Crippen LogP contribution in [0.15, 0.2) is 102 Å². The molecule has 66 heavy (non-hydrogen) atoms. The number of Topliss-reactive ketones (excluding diaryl/α,β-unsaturated/α-hetero) is 1. The van der Waals surface area contributed by atoms with Gasteiger partial charge in [0.05, 0.1) is 29.6 Å². The molecule has 1 aliphatic heterocycles. The van der Waals surface area contributed by atoms with Crippen molar-refractivity contribution in [2.24, 2.45) is 16.7 Å². The van der Waals surface area contributed by atoms with Crippen LogP contribution in [0.4, 0.5) is 0 Å². The van der Waals surface area contributed by atoms with E-state index in [4.69, 9.17) is 28.4 Å². The first-order valence-corrected chi connectivity index (χ1v) is 21.9. The van der Waals surface area contributed by atoms with Crippen molar-refractivity contribution in [2.75, 3.05) is 6.61 Å². The molecule has 16 heteroatoms. The molecule has 16 nitrogen and oxygen atoms in total. The van der Waals surface area contributed by atoms with E-state index in [2.05, 4.69) is 5.32 Å². The predicted molar refractivity (Wildman–Crippen MR) is 232 cm³/mol. The van der Waals surface area contributed by atoms with Gasteiger partial charge in [0.15, 0.2) is 17.5 Å². The van der Waals surface area contributed by atoms with E-state index in [1.165, 1.54) is 32.9 Å². The standard InChI is InChI=1S/C50H55NO15/c1-8-36(55)64-40(38(30-18-12-9-13-19-30)51-44(57)31-20-14-10-15-21-31)46(59)63-33-25-50(60)43(65-45(58)32-22-16-11-17-23-32)41-48(7,34(54)24-35-49(41,26-61-35)66-29(4)53)42(56)39(62-28(3)52)37(27(33)2)47(50,5)6/h9-23,33-35,38-41,43,54,60H,8,24-26H2,1-7H3,(H,51,57)/t33-,34-,35+,38-,39+,40+,41?,43-,48+,49-,50+/m0/s1. The summed E-state index contributed by atoms with van der Waals surface area (Å²) in [6, 6.07) is 23.0. The number of ketones is 1. The van der Waals surface area contributed by atoms with E-state index in [1.807, 2.05) is 0 Å². The van der Waals surface area contributed by atoms with E-state index in [1.54, 1.807) is 92.7 Å². The Hall–Kier alpha value is -6.23. The van der Waals surface area contributed by atoms with Crippen molar-refractivity contribution in [1.82, 2.24) is 5.32 Å². The van der Waals surface area contributed by atoms with Crippen LogP contribution in [0, 0.1) is 16.7 Å². The number of aliphatic hydroxyl groups is 2. The summed E-state index contributed by atoms with van der Waals surface area (Å²) >= 11 is 0. The summed E-state index contributed by atoms with van der Waals surface area (Å²) in [6.45, 7) is 9.46. The molecule has 3 aromatic carbocycles. The number of amides is 1. The number of hydrogen-bond donors (Lipinski definition) is 3. The lowest BCUT2D eigenvalue weighted by molar-refractivity contribution is -0.346. The van der Waals surface area contributed by atoms with Gasteiger partial charge in [0.1, 0.15) is 30.0 Å². The summed E-state index contributed by atoms with van der Waals surface area (Å²) in [4.78, 5) is 98.0. The molecule has 3 aromatic rings. The van der Waals surface area contributed by atoms with Crippen LogP contribution in [0.1, 0.15) is 100 Å². The van der Waals surface area contributed by atoms with E-state index in [0.717, 1.165) is 13.8 Å². The third-order valence-corrected chi connectivity index (χ3v) is 14.0. The van der Waals surface area contributed by atoms with E-state index in [-0.39, 0.29) is 41.7 Å². The SMILES string of the molecule is CCC(=O)O[C@@H](C(=O)O[C@H]1C[C@@]2(O)[C@@H](OC(=O)c3ccccc3)C3[C@](C)(C(=O)[C@H](OC(C)=O)C(=C1C)C2(C)C)[C@@H](O)C[C@H]1OC[C@@]31OC(C)=O)[C@@H](NC(=O)c1ccccc1)c1ccccc1. The van der Waals surface area contributed by atoms with Gasteiger partial charge < -0.3 is 44.0 Å². The van der Waals surface area contributed by atoms with Crippen LogP contribution in [0.5, 0.6) is 0 Å². The second kappa shape index (κ2) is 18.2. The maximum Gasteiger partial charge on any atom is 0.350 e. The number of nitrogens with one attached hydrogen (secondary N) is 1. The lowest BCUT2D eigenvalue weighted by Crippen LogP contribution is -2.82. The average Bonchev–Trinajstić information content (AvgIpc) is 3.28. The van der Waals surface area contributed by atoms with E-state index in [9.17, 15) is 39.0 Å². The zero-order valence-corrected chi connectivity index (χ0v) is 37.8. The summed E-state index contributed by atoms with van der Waals surface area (Å²) in [5.41, 5.74) is -7.19. The Kier molecular flexibility index (Phi) is 13.2. The molecular weight excluding hydrogens is 855 g/mol. The maximum absolute atomic E-state index is 15.6. The number of fused-ring (bicyclic) bond motifs is 5. The van der Waals surface area contributed by atoms with Gasteiger partial charge in [0, 0.05) is 44.1 Å². The van der Waals surface area contributed by atoms with Gasteiger partial charge in [-0.15, -0.1) is 0 Å². The number of hydrogen-bond acceptors (Lipinski definition) is 15. The third kappa shape index (κ3) is 8.19. The zero-order chi connectivity index (χ0) is 47.9. The third-order valence-electron chi connectivity index (χ3n) is 14.0. The van der Waals surface area contributed by atoms with E-state index >= 15 is 4.79 Å². The van der Waals surface area contributed by atoms with Gasteiger partial charge >= 0.3 is 29.8 Å². The van der Waals surface area contributed by atoms with E-state index in [0.29, 0.717) is 5.56 Å². The van der Waals surface area contributed by atoms with Crippen molar-refractivity contribution in [3.63, 3.8) is 0 Å². The van der Waals surface area contributed by atoms with Crippen LogP contribution >= 0.6 is 0 Å². The number of benzene rings is 3. The summed E-state index contributed by atoms with van der Waals surface area (Å²) in [6.07, 6.45) is -10.7. The summed E-state index contributed by atoms with van der Waals surface area (Å²) < 4.78 is 36.4.